The van der Waals surface area contributed by atoms with Crippen molar-refractivity contribution >= 4 is 32.6 Å². The second-order valence-corrected chi connectivity index (χ2v) is 7.96. The van der Waals surface area contributed by atoms with E-state index in [1.165, 1.54) is 5.56 Å². The molecule has 0 N–H and O–H groups in total. The lowest BCUT2D eigenvalue weighted by atomic mass is 10.1. The number of thiazole rings is 1. The highest BCUT2D eigenvalue weighted by Crippen LogP contribution is 2.32. The van der Waals surface area contributed by atoms with E-state index in [1.807, 2.05) is 22.9 Å². The van der Waals surface area contributed by atoms with E-state index >= 15 is 0 Å². The van der Waals surface area contributed by atoms with Crippen molar-refractivity contribution in [3.05, 3.63) is 72.3 Å². The number of aryl methyl sites for hydroxylation is 2. The Hall–Kier alpha value is -3.19. The van der Waals surface area contributed by atoms with Gasteiger partial charge in [-0.1, -0.05) is 30.4 Å². The van der Waals surface area contributed by atoms with Crippen molar-refractivity contribution in [2.45, 2.75) is 26.3 Å². The first kappa shape index (κ1) is 20.1. The summed E-state index contributed by atoms with van der Waals surface area (Å²) in [5, 5.41) is 0.734. The Kier molecular flexibility index (Phi) is 6.09. The van der Waals surface area contributed by atoms with Crippen molar-refractivity contribution in [1.29, 1.82) is 0 Å². The first-order valence-corrected chi connectivity index (χ1v) is 10.8. The van der Waals surface area contributed by atoms with Gasteiger partial charge in [0, 0.05) is 31.0 Å². The molecule has 0 fully saturated rings. The molecule has 0 spiro atoms. The van der Waals surface area contributed by atoms with E-state index in [2.05, 4.69) is 30.1 Å². The van der Waals surface area contributed by atoms with E-state index in [0.29, 0.717) is 12.1 Å². The number of imidazole rings is 1. The molecule has 6 nitrogen and oxygen atoms in total. The molecule has 0 saturated carbocycles. The zero-order valence-electron chi connectivity index (χ0n) is 17.1. The molecule has 154 valence electrons. The standard InChI is InChI=1S/C23H24N4O2S/c1-3-17-6-4-7-20-21(17)25-23(30-20)27(14-5-13-26-15-12-24-16-26)22(28)18-8-10-19(29-2)11-9-18/h4,6-12,15-16H,3,5,13-14H2,1-2H3. The van der Waals surface area contributed by atoms with Crippen LogP contribution in [0.4, 0.5) is 5.13 Å². The number of nitrogens with zero attached hydrogens (tertiary/aromatic N) is 4. The zero-order chi connectivity index (χ0) is 20.9. The second-order valence-electron chi connectivity index (χ2n) is 6.95. The number of rotatable bonds is 8. The zero-order valence-corrected chi connectivity index (χ0v) is 17.9. The topological polar surface area (TPSA) is 60.2 Å². The minimum atomic E-state index is -0.0552. The van der Waals surface area contributed by atoms with Gasteiger partial charge < -0.3 is 9.30 Å². The molecule has 30 heavy (non-hydrogen) atoms. The third kappa shape index (κ3) is 4.21. The van der Waals surface area contributed by atoms with E-state index in [9.17, 15) is 4.79 Å². The third-order valence-electron chi connectivity index (χ3n) is 5.04. The number of hydrogen-bond acceptors (Lipinski definition) is 5. The van der Waals surface area contributed by atoms with Crippen molar-refractivity contribution in [2.24, 2.45) is 0 Å². The number of hydrogen-bond donors (Lipinski definition) is 0. The second kappa shape index (κ2) is 9.09. The Labute approximate surface area is 179 Å². The number of aromatic nitrogens is 3. The van der Waals surface area contributed by atoms with Crippen molar-refractivity contribution in [3.63, 3.8) is 0 Å². The number of fused-ring (bicyclic) bond motifs is 1. The summed E-state index contributed by atoms with van der Waals surface area (Å²) in [5.41, 5.74) is 2.81. The number of benzene rings is 2. The largest absolute Gasteiger partial charge is 0.497 e. The summed E-state index contributed by atoms with van der Waals surface area (Å²) in [7, 11) is 1.62. The van der Waals surface area contributed by atoms with Gasteiger partial charge >= 0.3 is 0 Å². The predicted octanol–water partition coefficient (Wildman–Crippen LogP) is 4.80. The van der Waals surface area contributed by atoms with Crippen LogP contribution in [-0.4, -0.2) is 34.1 Å². The Morgan fingerprint density at radius 2 is 2.03 bits per heavy atom. The van der Waals surface area contributed by atoms with Crippen LogP contribution in [0.15, 0.2) is 61.2 Å². The Bertz CT molecular complexity index is 1120. The van der Waals surface area contributed by atoms with Gasteiger partial charge in [0.05, 0.1) is 23.7 Å². The SMILES string of the molecule is CCc1cccc2sc(N(CCCn3ccnc3)C(=O)c3ccc(OC)cc3)nc12. The molecular formula is C23H24N4O2S. The predicted molar refractivity (Wildman–Crippen MR) is 121 cm³/mol. The summed E-state index contributed by atoms with van der Waals surface area (Å²) in [6.07, 6.45) is 7.20. The Balaban J connectivity index is 1.64. The van der Waals surface area contributed by atoms with Gasteiger partial charge in [0.1, 0.15) is 5.75 Å². The Morgan fingerprint density at radius 3 is 2.73 bits per heavy atom. The average Bonchev–Trinajstić information content (AvgIpc) is 3.46. The quantitative estimate of drug-likeness (QED) is 0.411. The fourth-order valence-electron chi connectivity index (χ4n) is 3.40. The molecular weight excluding hydrogens is 396 g/mol. The van der Waals surface area contributed by atoms with Crippen LogP contribution in [0, 0.1) is 0 Å². The summed E-state index contributed by atoms with van der Waals surface area (Å²) in [5.74, 6) is 0.672. The molecule has 0 aliphatic carbocycles. The monoisotopic (exact) mass is 420 g/mol. The van der Waals surface area contributed by atoms with Gasteiger partial charge in [-0.05, 0) is 48.7 Å². The van der Waals surface area contributed by atoms with E-state index in [-0.39, 0.29) is 5.91 Å². The van der Waals surface area contributed by atoms with E-state index in [0.717, 1.165) is 40.5 Å². The highest BCUT2D eigenvalue weighted by atomic mass is 32.1. The van der Waals surface area contributed by atoms with Gasteiger partial charge in [-0.25, -0.2) is 9.97 Å². The number of amides is 1. The lowest BCUT2D eigenvalue weighted by molar-refractivity contribution is 0.0986. The molecule has 0 unspecified atom stereocenters. The summed E-state index contributed by atoms with van der Waals surface area (Å²) < 4.78 is 8.34. The average molecular weight is 421 g/mol. The number of carbonyl (C=O) groups excluding carboxylic acids is 1. The number of carbonyl (C=O) groups is 1. The molecule has 4 aromatic rings. The molecule has 0 radical (unpaired) electrons. The molecule has 0 saturated heterocycles. The van der Waals surface area contributed by atoms with Crippen LogP contribution in [0.25, 0.3) is 10.2 Å². The first-order valence-electron chi connectivity index (χ1n) is 9.99. The number of methoxy groups -OCH3 is 1. The highest BCUT2D eigenvalue weighted by molar-refractivity contribution is 7.22. The first-order chi connectivity index (χ1) is 14.7. The normalized spacial score (nSPS) is 11.0. The maximum Gasteiger partial charge on any atom is 0.260 e. The van der Waals surface area contributed by atoms with Crippen molar-refractivity contribution in [3.8, 4) is 5.75 Å². The summed E-state index contributed by atoms with van der Waals surface area (Å²) in [4.78, 5) is 24.1. The molecule has 0 bridgehead atoms. The van der Waals surface area contributed by atoms with Gasteiger partial charge in [0.25, 0.3) is 5.91 Å². The van der Waals surface area contributed by atoms with Gasteiger partial charge in [0.15, 0.2) is 5.13 Å². The van der Waals surface area contributed by atoms with Crippen LogP contribution < -0.4 is 9.64 Å². The van der Waals surface area contributed by atoms with Crippen molar-refractivity contribution in [2.75, 3.05) is 18.6 Å². The molecule has 2 aromatic carbocycles. The van der Waals surface area contributed by atoms with Crippen molar-refractivity contribution in [1.82, 2.24) is 14.5 Å². The molecule has 4 rings (SSSR count). The van der Waals surface area contributed by atoms with Gasteiger partial charge in [-0.2, -0.15) is 0 Å². The van der Waals surface area contributed by atoms with E-state index in [4.69, 9.17) is 9.72 Å². The minimum absolute atomic E-state index is 0.0552. The molecule has 0 aliphatic heterocycles. The fourth-order valence-corrected chi connectivity index (χ4v) is 4.44. The van der Waals surface area contributed by atoms with E-state index < -0.39 is 0 Å². The molecule has 2 heterocycles. The summed E-state index contributed by atoms with van der Waals surface area (Å²) in [6.45, 7) is 3.49. The van der Waals surface area contributed by atoms with E-state index in [1.54, 1.807) is 48.0 Å². The third-order valence-corrected chi connectivity index (χ3v) is 6.09. The Morgan fingerprint density at radius 1 is 1.20 bits per heavy atom. The van der Waals surface area contributed by atoms with Crippen LogP contribution in [0.3, 0.4) is 0 Å². The van der Waals surface area contributed by atoms with Crippen LogP contribution in [0.5, 0.6) is 5.75 Å². The van der Waals surface area contributed by atoms with Crippen LogP contribution in [0.1, 0.15) is 29.3 Å². The number of para-hydroxylation sites is 1. The van der Waals surface area contributed by atoms with Gasteiger partial charge in [-0.3, -0.25) is 9.69 Å². The molecule has 0 aliphatic rings. The molecule has 0 atom stereocenters. The maximum absolute atomic E-state index is 13.4. The molecule has 7 heteroatoms. The van der Waals surface area contributed by atoms with Gasteiger partial charge in [0.2, 0.25) is 0 Å². The summed E-state index contributed by atoms with van der Waals surface area (Å²) >= 11 is 1.56. The smallest absolute Gasteiger partial charge is 0.260 e. The summed E-state index contributed by atoms with van der Waals surface area (Å²) in [6, 6.07) is 13.4. The molecule has 1 amide bonds. The van der Waals surface area contributed by atoms with Crippen molar-refractivity contribution < 1.29 is 9.53 Å². The fraction of sp³-hybridized carbons (Fsp3) is 0.261. The highest BCUT2D eigenvalue weighted by Gasteiger charge is 2.22. The lowest BCUT2D eigenvalue weighted by Crippen LogP contribution is -2.32. The van der Waals surface area contributed by atoms with Crippen LogP contribution in [0.2, 0.25) is 0 Å². The van der Waals surface area contributed by atoms with Gasteiger partial charge in [-0.15, -0.1) is 0 Å². The minimum Gasteiger partial charge on any atom is -0.497 e. The van der Waals surface area contributed by atoms with Crippen LogP contribution in [-0.2, 0) is 13.0 Å². The van der Waals surface area contributed by atoms with Crippen LogP contribution >= 0.6 is 11.3 Å². The number of ether oxygens (including phenoxy) is 1. The number of anilines is 1. The lowest BCUT2D eigenvalue weighted by Gasteiger charge is -2.20. The maximum atomic E-state index is 13.4. The molecule has 2 aromatic heterocycles.